The Kier molecular flexibility index (Phi) is 6.76. The summed E-state index contributed by atoms with van der Waals surface area (Å²) in [5.74, 6) is 0.211. The molecule has 0 fully saturated rings. The quantitative estimate of drug-likeness (QED) is 0.181. The molecule has 1 N–H and O–H groups in total. The predicted molar refractivity (Wildman–Crippen MR) is 129 cm³/mol. The van der Waals surface area contributed by atoms with Crippen LogP contribution in [0.3, 0.4) is 0 Å². The number of anilines is 1. The van der Waals surface area contributed by atoms with Crippen LogP contribution in [0.4, 0.5) is 5.13 Å². The van der Waals surface area contributed by atoms with Gasteiger partial charge in [-0.3, -0.25) is 5.43 Å². The number of aromatic nitrogens is 1. The SMILES string of the molecule is O=S(=O)(Oc1ccc(C=NNc2nc(-c3ccc(Cl)cc3Cl)cs2)cc1)c1ccccc1. The van der Waals surface area contributed by atoms with E-state index in [0.717, 1.165) is 16.8 Å². The molecule has 0 aliphatic rings. The summed E-state index contributed by atoms with van der Waals surface area (Å²) in [5, 5.41) is 7.71. The van der Waals surface area contributed by atoms with Crippen LogP contribution < -0.4 is 9.61 Å². The largest absolute Gasteiger partial charge is 0.379 e. The van der Waals surface area contributed by atoms with Gasteiger partial charge < -0.3 is 4.18 Å². The molecule has 6 nitrogen and oxygen atoms in total. The van der Waals surface area contributed by atoms with E-state index >= 15 is 0 Å². The summed E-state index contributed by atoms with van der Waals surface area (Å²) in [7, 11) is -3.87. The van der Waals surface area contributed by atoms with Crippen molar-refractivity contribution in [1.82, 2.24) is 4.98 Å². The molecule has 3 aromatic carbocycles. The Morgan fingerprint density at radius 2 is 1.75 bits per heavy atom. The van der Waals surface area contributed by atoms with Gasteiger partial charge in [0, 0.05) is 16.0 Å². The van der Waals surface area contributed by atoms with E-state index in [9.17, 15) is 8.42 Å². The topological polar surface area (TPSA) is 80.7 Å². The van der Waals surface area contributed by atoms with E-state index in [2.05, 4.69) is 15.5 Å². The first-order chi connectivity index (χ1) is 15.4. The van der Waals surface area contributed by atoms with E-state index in [0.29, 0.717) is 15.2 Å². The lowest BCUT2D eigenvalue weighted by atomic mass is 10.2. The first-order valence-corrected chi connectivity index (χ1v) is 12.2. The highest BCUT2D eigenvalue weighted by Crippen LogP contribution is 2.32. The molecule has 1 heterocycles. The number of halogens is 2. The maximum absolute atomic E-state index is 12.3. The molecule has 0 spiro atoms. The molecule has 0 bridgehead atoms. The lowest BCUT2D eigenvalue weighted by Crippen LogP contribution is -2.09. The van der Waals surface area contributed by atoms with Gasteiger partial charge in [-0.1, -0.05) is 41.4 Å². The number of hydrogen-bond acceptors (Lipinski definition) is 7. The van der Waals surface area contributed by atoms with Crippen LogP contribution in [-0.2, 0) is 10.1 Å². The van der Waals surface area contributed by atoms with Crippen molar-refractivity contribution in [1.29, 1.82) is 0 Å². The van der Waals surface area contributed by atoms with Crippen LogP contribution in [0.2, 0.25) is 10.0 Å². The minimum atomic E-state index is -3.87. The molecular formula is C22H15Cl2N3O3S2. The van der Waals surface area contributed by atoms with Crippen molar-refractivity contribution in [3.05, 3.63) is 93.8 Å². The second-order valence-corrected chi connectivity index (χ2v) is 9.70. The van der Waals surface area contributed by atoms with Crippen molar-refractivity contribution >= 4 is 56.0 Å². The van der Waals surface area contributed by atoms with Gasteiger partial charge in [-0.15, -0.1) is 11.3 Å². The minimum absolute atomic E-state index is 0.0949. The molecule has 0 aliphatic carbocycles. The van der Waals surface area contributed by atoms with Gasteiger partial charge in [0.25, 0.3) is 0 Å². The smallest absolute Gasteiger partial charge is 0.339 e. The summed E-state index contributed by atoms with van der Waals surface area (Å²) in [6, 6.07) is 19.7. The second kappa shape index (κ2) is 9.70. The Morgan fingerprint density at radius 3 is 2.47 bits per heavy atom. The van der Waals surface area contributed by atoms with Crippen LogP contribution in [0.25, 0.3) is 11.3 Å². The van der Waals surface area contributed by atoms with Crippen molar-refractivity contribution in [3.8, 4) is 17.0 Å². The molecule has 10 heteroatoms. The number of hydrazone groups is 1. The minimum Gasteiger partial charge on any atom is -0.379 e. The third-order valence-corrected chi connectivity index (χ3v) is 6.76. The molecule has 162 valence electrons. The molecule has 0 saturated heterocycles. The van der Waals surface area contributed by atoms with E-state index in [1.54, 1.807) is 60.8 Å². The Morgan fingerprint density at radius 1 is 1.00 bits per heavy atom. The molecule has 0 atom stereocenters. The van der Waals surface area contributed by atoms with Gasteiger partial charge in [0.15, 0.2) is 0 Å². The van der Waals surface area contributed by atoms with Gasteiger partial charge >= 0.3 is 10.1 Å². The molecule has 32 heavy (non-hydrogen) atoms. The van der Waals surface area contributed by atoms with E-state index < -0.39 is 10.1 Å². The number of hydrogen-bond donors (Lipinski definition) is 1. The van der Waals surface area contributed by atoms with Crippen LogP contribution in [0.1, 0.15) is 5.56 Å². The zero-order valence-electron chi connectivity index (χ0n) is 16.3. The van der Waals surface area contributed by atoms with Crippen molar-refractivity contribution in [3.63, 3.8) is 0 Å². The highest BCUT2D eigenvalue weighted by Gasteiger charge is 2.15. The predicted octanol–water partition coefficient (Wildman–Crippen LogP) is 6.33. The third kappa shape index (κ3) is 5.46. The number of nitrogens with zero attached hydrogens (tertiary/aromatic N) is 2. The third-order valence-electron chi connectivity index (χ3n) is 4.20. The fourth-order valence-electron chi connectivity index (χ4n) is 2.68. The summed E-state index contributed by atoms with van der Waals surface area (Å²) in [4.78, 5) is 4.56. The van der Waals surface area contributed by atoms with Gasteiger partial charge in [0.05, 0.1) is 16.9 Å². The van der Waals surface area contributed by atoms with Crippen molar-refractivity contribution in [2.75, 3.05) is 5.43 Å². The molecule has 0 amide bonds. The molecule has 0 unspecified atom stereocenters. The van der Waals surface area contributed by atoms with E-state index in [1.807, 2.05) is 11.4 Å². The highest BCUT2D eigenvalue weighted by molar-refractivity contribution is 7.87. The van der Waals surface area contributed by atoms with Gasteiger partial charge in [0.1, 0.15) is 10.6 Å². The average Bonchev–Trinajstić information content (AvgIpc) is 3.24. The zero-order chi connectivity index (χ0) is 22.6. The molecule has 4 rings (SSSR count). The molecule has 1 aromatic heterocycles. The van der Waals surface area contributed by atoms with Crippen molar-refractivity contribution in [2.45, 2.75) is 4.90 Å². The van der Waals surface area contributed by atoms with Crippen molar-refractivity contribution < 1.29 is 12.6 Å². The first-order valence-electron chi connectivity index (χ1n) is 9.20. The Balaban J connectivity index is 1.38. The highest BCUT2D eigenvalue weighted by atomic mass is 35.5. The van der Waals surface area contributed by atoms with Crippen LogP contribution in [-0.4, -0.2) is 19.6 Å². The summed E-state index contributed by atoms with van der Waals surface area (Å²) < 4.78 is 29.7. The Labute approximate surface area is 199 Å². The monoisotopic (exact) mass is 503 g/mol. The number of thiazole rings is 1. The maximum atomic E-state index is 12.3. The van der Waals surface area contributed by atoms with Gasteiger partial charge in [-0.25, -0.2) is 4.98 Å². The van der Waals surface area contributed by atoms with Crippen LogP contribution in [0, 0.1) is 0 Å². The van der Waals surface area contributed by atoms with Gasteiger partial charge in [-0.05, 0) is 60.2 Å². The number of rotatable bonds is 7. The Hall–Kier alpha value is -2.91. The van der Waals surface area contributed by atoms with Crippen LogP contribution in [0.15, 0.2) is 88.2 Å². The molecule has 0 radical (unpaired) electrons. The lowest BCUT2D eigenvalue weighted by Gasteiger charge is -2.06. The second-order valence-electron chi connectivity index (χ2n) is 6.45. The van der Waals surface area contributed by atoms with Gasteiger partial charge in [0.2, 0.25) is 5.13 Å². The van der Waals surface area contributed by atoms with Crippen LogP contribution in [0.5, 0.6) is 5.75 Å². The number of benzene rings is 3. The molecule has 4 aromatic rings. The lowest BCUT2D eigenvalue weighted by molar-refractivity contribution is 0.486. The normalized spacial score (nSPS) is 11.6. The first kappa shape index (κ1) is 22.3. The van der Waals surface area contributed by atoms with E-state index in [4.69, 9.17) is 27.4 Å². The molecule has 0 aliphatic heterocycles. The summed E-state index contributed by atoms with van der Waals surface area (Å²) >= 11 is 13.5. The molecule has 0 saturated carbocycles. The van der Waals surface area contributed by atoms with Crippen molar-refractivity contribution in [2.24, 2.45) is 5.10 Å². The van der Waals surface area contributed by atoms with E-state index in [-0.39, 0.29) is 10.6 Å². The maximum Gasteiger partial charge on any atom is 0.339 e. The van der Waals surface area contributed by atoms with Gasteiger partial charge in [-0.2, -0.15) is 13.5 Å². The fourth-order valence-corrected chi connectivity index (χ4v) is 4.80. The zero-order valence-corrected chi connectivity index (χ0v) is 19.4. The van der Waals surface area contributed by atoms with Crippen LogP contribution >= 0.6 is 34.5 Å². The van der Waals surface area contributed by atoms with E-state index in [1.165, 1.54) is 23.5 Å². The average molecular weight is 504 g/mol. The summed E-state index contributed by atoms with van der Waals surface area (Å²) in [6.45, 7) is 0. The summed E-state index contributed by atoms with van der Waals surface area (Å²) in [5.41, 5.74) is 5.12. The Bertz CT molecular complexity index is 1360. The summed E-state index contributed by atoms with van der Waals surface area (Å²) in [6.07, 6.45) is 1.59. The fraction of sp³-hybridized carbons (Fsp3) is 0. The number of nitrogens with one attached hydrogen (secondary N) is 1. The molecular weight excluding hydrogens is 489 g/mol. The standard InChI is InChI=1S/C22H15Cl2N3O3S2/c23-16-8-11-19(20(24)12-16)21-14-31-22(26-21)27-25-13-15-6-9-17(10-7-15)30-32(28,29)18-4-2-1-3-5-18/h1-14H,(H,26,27).